The number of hydrogen-bond acceptors (Lipinski definition) is 2. The highest BCUT2D eigenvalue weighted by Gasteiger charge is 2.35. The molecule has 2 aromatic rings. The summed E-state index contributed by atoms with van der Waals surface area (Å²) in [6.07, 6.45) is -4.90. The highest BCUT2D eigenvalue weighted by atomic mass is 35.5. The topological polar surface area (TPSA) is 40.6 Å². The summed E-state index contributed by atoms with van der Waals surface area (Å²) in [5, 5.41) is 0.623. The number of nitrogens with zero attached hydrogens (tertiary/aromatic N) is 2. The van der Waals surface area contributed by atoms with Gasteiger partial charge in [0.15, 0.2) is 0 Å². The van der Waals surface area contributed by atoms with Crippen molar-refractivity contribution < 1.29 is 27.2 Å². The molecule has 1 heterocycles. The van der Waals surface area contributed by atoms with Crippen LogP contribution in [0.1, 0.15) is 26.3 Å². The van der Waals surface area contributed by atoms with Gasteiger partial charge in [-0.1, -0.05) is 23.2 Å². The van der Waals surface area contributed by atoms with E-state index in [1.807, 2.05) is 0 Å². The lowest BCUT2D eigenvalue weighted by molar-refractivity contribution is -0.140. The third kappa shape index (κ3) is 4.82. The zero-order valence-corrected chi connectivity index (χ0v) is 16.3. The number of amides is 2. The number of benzene rings is 2. The van der Waals surface area contributed by atoms with E-state index in [0.29, 0.717) is 27.7 Å². The standard InChI is InChI=1S/C19H14Cl2F4N2O2/c20-13-7-12(8-14(21)10-13)18(29)27-5-3-26(4-6-27)17(28)11-1-2-16(22)15(9-11)19(23,24)25/h1-2,7-10H,3-6H2. The first-order valence-electron chi connectivity index (χ1n) is 8.47. The van der Waals surface area contributed by atoms with E-state index < -0.39 is 23.5 Å². The minimum Gasteiger partial charge on any atom is -0.335 e. The van der Waals surface area contributed by atoms with Crippen molar-refractivity contribution in [2.75, 3.05) is 26.2 Å². The van der Waals surface area contributed by atoms with Gasteiger partial charge in [0.05, 0.1) is 5.56 Å². The lowest BCUT2D eigenvalue weighted by Crippen LogP contribution is -2.50. The SMILES string of the molecule is O=C(c1cc(Cl)cc(Cl)c1)N1CCN(C(=O)c2ccc(F)c(C(F)(F)F)c2)CC1. The number of piperazine rings is 1. The summed E-state index contributed by atoms with van der Waals surface area (Å²) in [7, 11) is 0. The van der Waals surface area contributed by atoms with Gasteiger partial charge in [0, 0.05) is 47.4 Å². The van der Waals surface area contributed by atoms with Crippen molar-refractivity contribution in [3.63, 3.8) is 0 Å². The van der Waals surface area contributed by atoms with Crippen LogP contribution in [0.15, 0.2) is 36.4 Å². The number of carbonyl (C=O) groups excluding carboxylic acids is 2. The van der Waals surface area contributed by atoms with Crippen molar-refractivity contribution in [3.05, 3.63) is 69.0 Å². The van der Waals surface area contributed by atoms with Gasteiger partial charge in [0.2, 0.25) is 0 Å². The van der Waals surface area contributed by atoms with Gasteiger partial charge >= 0.3 is 6.18 Å². The monoisotopic (exact) mass is 448 g/mol. The van der Waals surface area contributed by atoms with Crippen LogP contribution in [0.25, 0.3) is 0 Å². The number of hydrogen-bond donors (Lipinski definition) is 0. The third-order valence-electron chi connectivity index (χ3n) is 4.48. The molecule has 154 valence electrons. The first kappa shape index (κ1) is 21.4. The Morgan fingerprint density at radius 2 is 1.28 bits per heavy atom. The number of halogens is 6. The minimum absolute atomic E-state index is 0.123. The second-order valence-electron chi connectivity index (χ2n) is 6.43. The Balaban J connectivity index is 1.69. The zero-order chi connectivity index (χ0) is 21.3. The van der Waals surface area contributed by atoms with Gasteiger partial charge in [0.25, 0.3) is 11.8 Å². The van der Waals surface area contributed by atoms with Crippen LogP contribution in [0.4, 0.5) is 17.6 Å². The molecule has 0 atom stereocenters. The second-order valence-corrected chi connectivity index (χ2v) is 7.31. The molecule has 10 heteroatoms. The molecule has 2 amide bonds. The first-order valence-corrected chi connectivity index (χ1v) is 9.23. The molecule has 0 saturated carbocycles. The Labute approximate surface area is 173 Å². The zero-order valence-electron chi connectivity index (χ0n) is 14.8. The summed E-state index contributed by atoms with van der Waals surface area (Å²) >= 11 is 11.8. The molecule has 1 aliphatic rings. The highest BCUT2D eigenvalue weighted by Crippen LogP contribution is 2.32. The van der Waals surface area contributed by atoms with E-state index in [1.165, 1.54) is 28.0 Å². The molecule has 3 rings (SSSR count). The molecular formula is C19H14Cl2F4N2O2. The van der Waals surface area contributed by atoms with Gasteiger partial charge in [-0.15, -0.1) is 0 Å². The van der Waals surface area contributed by atoms with E-state index in [-0.39, 0.29) is 37.6 Å². The van der Waals surface area contributed by atoms with E-state index in [9.17, 15) is 27.2 Å². The quantitative estimate of drug-likeness (QED) is 0.622. The average molecular weight is 449 g/mol. The van der Waals surface area contributed by atoms with Crippen LogP contribution in [0.5, 0.6) is 0 Å². The van der Waals surface area contributed by atoms with Crippen LogP contribution in [-0.4, -0.2) is 47.8 Å². The smallest absolute Gasteiger partial charge is 0.335 e. The maximum atomic E-state index is 13.4. The summed E-state index contributed by atoms with van der Waals surface area (Å²) in [6, 6.07) is 6.59. The molecule has 1 fully saturated rings. The van der Waals surface area contributed by atoms with Crippen LogP contribution >= 0.6 is 23.2 Å². The van der Waals surface area contributed by atoms with Gasteiger partial charge in [-0.25, -0.2) is 4.39 Å². The predicted octanol–water partition coefficient (Wildman–Crippen LogP) is 4.75. The number of alkyl halides is 3. The Morgan fingerprint density at radius 3 is 1.76 bits per heavy atom. The fourth-order valence-electron chi connectivity index (χ4n) is 3.03. The molecule has 0 bridgehead atoms. The van der Waals surface area contributed by atoms with Crippen LogP contribution in [0, 0.1) is 5.82 Å². The normalized spacial score (nSPS) is 14.8. The number of carbonyl (C=O) groups is 2. The van der Waals surface area contributed by atoms with Gasteiger partial charge < -0.3 is 9.80 Å². The molecule has 0 aliphatic carbocycles. The molecule has 0 aromatic heterocycles. The van der Waals surface area contributed by atoms with Crippen molar-refractivity contribution in [1.29, 1.82) is 0 Å². The summed E-state index contributed by atoms with van der Waals surface area (Å²) < 4.78 is 52.0. The van der Waals surface area contributed by atoms with E-state index in [1.54, 1.807) is 0 Å². The Kier molecular flexibility index (Phi) is 6.05. The summed E-state index contributed by atoms with van der Waals surface area (Å²) in [5.41, 5.74) is -1.45. The summed E-state index contributed by atoms with van der Waals surface area (Å²) in [5.74, 6) is -2.42. The van der Waals surface area contributed by atoms with Crippen molar-refractivity contribution in [1.82, 2.24) is 9.80 Å². The van der Waals surface area contributed by atoms with Gasteiger partial charge in [-0.05, 0) is 36.4 Å². The Hall–Kier alpha value is -2.32. The fraction of sp³-hybridized carbons (Fsp3) is 0.263. The molecule has 0 unspecified atom stereocenters. The third-order valence-corrected chi connectivity index (χ3v) is 4.92. The van der Waals surface area contributed by atoms with Crippen molar-refractivity contribution in [2.24, 2.45) is 0 Å². The Morgan fingerprint density at radius 1 is 0.793 bits per heavy atom. The van der Waals surface area contributed by atoms with Gasteiger partial charge in [-0.2, -0.15) is 13.2 Å². The largest absolute Gasteiger partial charge is 0.419 e. The molecule has 1 saturated heterocycles. The average Bonchev–Trinajstić information content (AvgIpc) is 2.65. The van der Waals surface area contributed by atoms with E-state index >= 15 is 0 Å². The molecule has 2 aromatic carbocycles. The first-order chi connectivity index (χ1) is 13.6. The van der Waals surface area contributed by atoms with Gasteiger partial charge in [-0.3, -0.25) is 9.59 Å². The van der Waals surface area contributed by atoms with E-state index in [2.05, 4.69) is 0 Å². The van der Waals surface area contributed by atoms with Crippen LogP contribution in [0.3, 0.4) is 0 Å². The highest BCUT2D eigenvalue weighted by molar-refractivity contribution is 6.35. The number of rotatable bonds is 2. The fourth-order valence-corrected chi connectivity index (χ4v) is 3.56. The van der Waals surface area contributed by atoms with E-state index in [0.717, 1.165) is 6.07 Å². The van der Waals surface area contributed by atoms with Crippen molar-refractivity contribution in [2.45, 2.75) is 6.18 Å². The molecular weight excluding hydrogens is 435 g/mol. The lowest BCUT2D eigenvalue weighted by Gasteiger charge is -2.35. The van der Waals surface area contributed by atoms with Gasteiger partial charge in [0.1, 0.15) is 5.82 Å². The maximum absolute atomic E-state index is 13.4. The summed E-state index contributed by atoms with van der Waals surface area (Å²) in [4.78, 5) is 27.9. The van der Waals surface area contributed by atoms with E-state index in [4.69, 9.17) is 23.2 Å². The minimum atomic E-state index is -4.90. The summed E-state index contributed by atoms with van der Waals surface area (Å²) in [6.45, 7) is 0.610. The molecule has 4 nitrogen and oxygen atoms in total. The maximum Gasteiger partial charge on any atom is 0.419 e. The lowest BCUT2D eigenvalue weighted by atomic mass is 10.1. The second kappa shape index (κ2) is 8.20. The molecule has 0 N–H and O–H groups in total. The van der Waals surface area contributed by atoms with Crippen LogP contribution in [0.2, 0.25) is 10.0 Å². The molecule has 1 aliphatic heterocycles. The Bertz CT molecular complexity index is 937. The predicted molar refractivity (Wildman–Crippen MR) is 99.7 cm³/mol. The van der Waals surface area contributed by atoms with Crippen LogP contribution < -0.4 is 0 Å². The molecule has 0 radical (unpaired) electrons. The van der Waals surface area contributed by atoms with Crippen LogP contribution in [-0.2, 0) is 6.18 Å². The molecule has 0 spiro atoms. The van der Waals surface area contributed by atoms with Crippen molar-refractivity contribution >= 4 is 35.0 Å². The van der Waals surface area contributed by atoms with Crippen molar-refractivity contribution in [3.8, 4) is 0 Å². The molecule has 29 heavy (non-hydrogen) atoms.